The SMILES string of the molecule is O=C1C=C(N2CCCC2)COc2ccccc21. The molecule has 3 nitrogen and oxygen atoms in total. The van der Waals surface area contributed by atoms with Crippen molar-refractivity contribution in [3.8, 4) is 5.75 Å². The highest BCUT2D eigenvalue weighted by atomic mass is 16.5. The molecule has 2 heterocycles. The number of rotatable bonds is 1. The van der Waals surface area contributed by atoms with Crippen LogP contribution in [0.3, 0.4) is 0 Å². The van der Waals surface area contributed by atoms with Crippen LogP contribution in [0, 0.1) is 0 Å². The van der Waals surface area contributed by atoms with Gasteiger partial charge in [-0.2, -0.15) is 0 Å². The van der Waals surface area contributed by atoms with Gasteiger partial charge in [0.2, 0.25) is 0 Å². The molecule has 1 fully saturated rings. The minimum atomic E-state index is 0.0556. The topological polar surface area (TPSA) is 29.5 Å². The van der Waals surface area contributed by atoms with Gasteiger partial charge in [-0.15, -0.1) is 0 Å². The number of carbonyl (C=O) groups is 1. The Morgan fingerprint density at radius 1 is 1.12 bits per heavy atom. The smallest absolute Gasteiger partial charge is 0.191 e. The van der Waals surface area contributed by atoms with Crippen LogP contribution in [0.15, 0.2) is 36.0 Å². The molecule has 2 aliphatic rings. The van der Waals surface area contributed by atoms with Crippen molar-refractivity contribution in [3.63, 3.8) is 0 Å². The molecule has 0 aromatic heterocycles. The molecule has 0 aliphatic carbocycles. The van der Waals surface area contributed by atoms with Crippen LogP contribution in [0.1, 0.15) is 23.2 Å². The van der Waals surface area contributed by atoms with Crippen molar-refractivity contribution in [3.05, 3.63) is 41.6 Å². The van der Waals surface area contributed by atoms with Crippen molar-refractivity contribution in [1.82, 2.24) is 4.90 Å². The van der Waals surface area contributed by atoms with Gasteiger partial charge in [-0.05, 0) is 25.0 Å². The molecular formula is C14H15NO2. The number of para-hydroxylation sites is 1. The first-order valence-corrected chi connectivity index (χ1v) is 6.06. The molecule has 0 radical (unpaired) electrons. The van der Waals surface area contributed by atoms with E-state index in [1.54, 1.807) is 6.08 Å². The summed E-state index contributed by atoms with van der Waals surface area (Å²) in [6.07, 6.45) is 4.15. The molecule has 1 aromatic rings. The van der Waals surface area contributed by atoms with Crippen molar-refractivity contribution in [2.24, 2.45) is 0 Å². The molecule has 88 valence electrons. The van der Waals surface area contributed by atoms with Gasteiger partial charge in [-0.3, -0.25) is 4.79 Å². The maximum atomic E-state index is 12.1. The fraction of sp³-hybridized carbons (Fsp3) is 0.357. The zero-order valence-corrected chi connectivity index (χ0v) is 9.69. The van der Waals surface area contributed by atoms with E-state index in [0.717, 1.165) is 18.8 Å². The van der Waals surface area contributed by atoms with Gasteiger partial charge in [0.15, 0.2) is 5.78 Å². The van der Waals surface area contributed by atoms with Crippen molar-refractivity contribution in [1.29, 1.82) is 0 Å². The summed E-state index contributed by atoms with van der Waals surface area (Å²) < 4.78 is 5.71. The predicted octanol–water partition coefficient (Wildman–Crippen LogP) is 2.24. The van der Waals surface area contributed by atoms with Crippen molar-refractivity contribution in [2.75, 3.05) is 19.7 Å². The van der Waals surface area contributed by atoms with Crippen molar-refractivity contribution < 1.29 is 9.53 Å². The average molecular weight is 229 g/mol. The normalized spacial score (nSPS) is 19.4. The molecule has 0 saturated carbocycles. The fourth-order valence-corrected chi connectivity index (χ4v) is 2.41. The summed E-state index contributed by atoms with van der Waals surface area (Å²) in [7, 11) is 0. The second-order valence-corrected chi connectivity index (χ2v) is 4.48. The van der Waals surface area contributed by atoms with Crippen LogP contribution in [-0.4, -0.2) is 30.4 Å². The van der Waals surface area contributed by atoms with Gasteiger partial charge < -0.3 is 9.64 Å². The summed E-state index contributed by atoms with van der Waals surface area (Å²) in [5.41, 5.74) is 1.69. The largest absolute Gasteiger partial charge is 0.487 e. The number of nitrogens with zero attached hydrogens (tertiary/aromatic N) is 1. The number of likely N-dealkylation sites (tertiary alicyclic amines) is 1. The summed E-state index contributed by atoms with van der Waals surface area (Å²) >= 11 is 0. The lowest BCUT2D eigenvalue weighted by Crippen LogP contribution is -2.22. The number of carbonyl (C=O) groups excluding carboxylic acids is 1. The van der Waals surface area contributed by atoms with Gasteiger partial charge >= 0.3 is 0 Å². The van der Waals surface area contributed by atoms with Gasteiger partial charge in [-0.25, -0.2) is 0 Å². The van der Waals surface area contributed by atoms with Crippen LogP contribution in [0.4, 0.5) is 0 Å². The monoisotopic (exact) mass is 229 g/mol. The molecule has 3 heteroatoms. The van der Waals surface area contributed by atoms with Crippen molar-refractivity contribution >= 4 is 5.78 Å². The highest BCUT2D eigenvalue weighted by Crippen LogP contribution is 2.25. The van der Waals surface area contributed by atoms with E-state index < -0.39 is 0 Å². The highest BCUT2D eigenvalue weighted by Gasteiger charge is 2.21. The third-order valence-electron chi connectivity index (χ3n) is 3.34. The van der Waals surface area contributed by atoms with Gasteiger partial charge in [0, 0.05) is 19.2 Å². The molecule has 0 amide bonds. The summed E-state index contributed by atoms with van der Waals surface area (Å²) in [5, 5.41) is 0. The second-order valence-electron chi connectivity index (χ2n) is 4.48. The number of ether oxygens (including phenoxy) is 1. The summed E-state index contributed by atoms with van der Waals surface area (Å²) in [5.74, 6) is 0.753. The van der Waals surface area contributed by atoms with E-state index in [-0.39, 0.29) is 5.78 Å². The molecule has 2 aliphatic heterocycles. The Bertz CT molecular complexity index is 473. The van der Waals surface area contributed by atoms with Gasteiger partial charge in [0.25, 0.3) is 0 Å². The first kappa shape index (κ1) is 10.4. The minimum absolute atomic E-state index is 0.0556. The predicted molar refractivity (Wildman–Crippen MR) is 65.2 cm³/mol. The first-order chi connectivity index (χ1) is 8.34. The fourth-order valence-electron chi connectivity index (χ4n) is 2.41. The van der Waals surface area contributed by atoms with E-state index in [1.165, 1.54) is 12.8 Å². The lowest BCUT2D eigenvalue weighted by Gasteiger charge is -2.20. The van der Waals surface area contributed by atoms with Gasteiger partial charge in [0.05, 0.1) is 11.3 Å². The first-order valence-electron chi connectivity index (χ1n) is 6.06. The Labute approximate surface area is 101 Å². The van der Waals surface area contributed by atoms with Crippen molar-refractivity contribution in [2.45, 2.75) is 12.8 Å². The molecule has 1 saturated heterocycles. The number of fused-ring (bicyclic) bond motifs is 1. The Hall–Kier alpha value is -1.77. The molecule has 3 rings (SSSR count). The Kier molecular flexibility index (Phi) is 2.59. The Morgan fingerprint density at radius 2 is 1.88 bits per heavy atom. The zero-order chi connectivity index (χ0) is 11.7. The highest BCUT2D eigenvalue weighted by molar-refractivity contribution is 6.07. The van der Waals surface area contributed by atoms with Gasteiger partial charge in [0.1, 0.15) is 12.4 Å². The molecule has 0 bridgehead atoms. The van der Waals surface area contributed by atoms with E-state index >= 15 is 0 Å². The van der Waals surface area contributed by atoms with E-state index in [9.17, 15) is 4.79 Å². The molecule has 0 atom stereocenters. The van der Waals surface area contributed by atoms with E-state index in [0.29, 0.717) is 17.9 Å². The molecule has 0 spiro atoms. The van der Waals surface area contributed by atoms with Crippen LogP contribution in [-0.2, 0) is 0 Å². The Balaban J connectivity index is 1.91. The number of hydrogen-bond acceptors (Lipinski definition) is 3. The third-order valence-corrected chi connectivity index (χ3v) is 3.34. The van der Waals surface area contributed by atoms with Crippen LogP contribution in [0.5, 0.6) is 5.75 Å². The lowest BCUT2D eigenvalue weighted by molar-refractivity contribution is 0.104. The minimum Gasteiger partial charge on any atom is -0.487 e. The summed E-state index contributed by atoms with van der Waals surface area (Å²) in [6, 6.07) is 7.44. The quantitative estimate of drug-likeness (QED) is 0.739. The maximum Gasteiger partial charge on any atom is 0.191 e. The molecular weight excluding hydrogens is 214 g/mol. The Morgan fingerprint density at radius 3 is 2.71 bits per heavy atom. The molecule has 1 aromatic carbocycles. The molecule has 0 N–H and O–H groups in total. The molecule has 0 unspecified atom stereocenters. The van der Waals surface area contributed by atoms with Gasteiger partial charge in [-0.1, -0.05) is 12.1 Å². The van der Waals surface area contributed by atoms with E-state index in [2.05, 4.69) is 4.90 Å². The standard InChI is InChI=1S/C14H15NO2/c16-13-9-11(15-7-3-4-8-15)10-17-14-6-2-1-5-12(13)14/h1-2,5-6,9H,3-4,7-8,10H2. The maximum absolute atomic E-state index is 12.1. The number of hydrogen-bond donors (Lipinski definition) is 0. The second kappa shape index (κ2) is 4.24. The number of ketones is 1. The van der Waals surface area contributed by atoms with Crippen LogP contribution < -0.4 is 4.74 Å². The zero-order valence-electron chi connectivity index (χ0n) is 9.69. The lowest BCUT2D eigenvalue weighted by atomic mass is 10.1. The molecule has 17 heavy (non-hydrogen) atoms. The average Bonchev–Trinajstić information content (AvgIpc) is 2.83. The number of allylic oxidation sites excluding steroid dienone is 1. The van der Waals surface area contributed by atoms with Crippen LogP contribution in [0.2, 0.25) is 0 Å². The van der Waals surface area contributed by atoms with Crippen LogP contribution >= 0.6 is 0 Å². The summed E-state index contributed by atoms with van der Waals surface area (Å²) in [6.45, 7) is 2.58. The van der Waals surface area contributed by atoms with Crippen LogP contribution in [0.25, 0.3) is 0 Å². The van der Waals surface area contributed by atoms with E-state index in [4.69, 9.17) is 4.74 Å². The summed E-state index contributed by atoms with van der Waals surface area (Å²) in [4.78, 5) is 14.3. The third kappa shape index (κ3) is 1.93. The van der Waals surface area contributed by atoms with E-state index in [1.807, 2.05) is 24.3 Å². The number of benzene rings is 1.